The Morgan fingerprint density at radius 2 is 2.00 bits per heavy atom. The summed E-state index contributed by atoms with van der Waals surface area (Å²) in [6.07, 6.45) is 3.17. The number of anilines is 1. The van der Waals surface area contributed by atoms with Crippen molar-refractivity contribution in [2.75, 3.05) is 11.5 Å². The Bertz CT molecular complexity index is 1610. The summed E-state index contributed by atoms with van der Waals surface area (Å²) < 4.78 is 0.413. The maximum absolute atomic E-state index is 13.1. The van der Waals surface area contributed by atoms with Gasteiger partial charge in [-0.25, -0.2) is 14.6 Å². The largest absolute Gasteiger partial charge is 0.869 e. The fourth-order valence-electron chi connectivity index (χ4n) is 3.61. The number of amides is 2. The van der Waals surface area contributed by atoms with Crippen molar-refractivity contribution in [2.24, 2.45) is 5.16 Å². The molecule has 2 aliphatic heterocycles. The lowest BCUT2D eigenvalue weighted by Gasteiger charge is -2.49. The third-order valence-corrected chi connectivity index (χ3v) is 7.80. The topological polar surface area (TPSA) is 250 Å². The Balaban J connectivity index is 1.57. The van der Waals surface area contributed by atoms with Gasteiger partial charge in [0.2, 0.25) is 5.60 Å². The van der Waals surface area contributed by atoms with E-state index in [1.807, 2.05) is 0 Å². The molecule has 2 unspecified atom stereocenters. The van der Waals surface area contributed by atoms with E-state index in [-0.39, 0.29) is 33.5 Å². The van der Waals surface area contributed by atoms with Gasteiger partial charge in [0.15, 0.2) is 16.3 Å². The molecule has 2 aliphatic rings. The molecule has 2 atom stereocenters. The average molecular weight is 606 g/mol. The summed E-state index contributed by atoms with van der Waals surface area (Å²) in [6, 6.07) is -0.303. The van der Waals surface area contributed by atoms with Crippen molar-refractivity contribution in [3.8, 4) is 5.75 Å². The number of thioether (sulfide) groups is 1. The number of rotatable bonds is 9. The van der Waals surface area contributed by atoms with Crippen molar-refractivity contribution in [3.05, 3.63) is 56.6 Å². The van der Waals surface area contributed by atoms with Gasteiger partial charge in [-0.15, -0.1) is 23.1 Å². The number of hydrogen-bond donors (Lipinski definition) is 5. The minimum Gasteiger partial charge on any atom is -0.869 e. The summed E-state index contributed by atoms with van der Waals surface area (Å²) >= 11 is 2.11. The van der Waals surface area contributed by atoms with Crippen molar-refractivity contribution in [1.82, 2.24) is 19.9 Å². The molecule has 2 amide bonds. The van der Waals surface area contributed by atoms with E-state index in [2.05, 4.69) is 15.5 Å². The van der Waals surface area contributed by atoms with Gasteiger partial charge in [0.1, 0.15) is 22.8 Å². The van der Waals surface area contributed by atoms with E-state index in [1.54, 1.807) is 0 Å². The zero-order chi connectivity index (χ0) is 30.2. The number of pyridine rings is 1. The average Bonchev–Trinajstić information content (AvgIpc) is 3.33. The minimum atomic E-state index is -1.80. The van der Waals surface area contributed by atoms with Gasteiger partial charge in [0.25, 0.3) is 11.8 Å². The van der Waals surface area contributed by atoms with Crippen LogP contribution in [0.1, 0.15) is 25.2 Å². The van der Waals surface area contributed by atoms with E-state index >= 15 is 0 Å². The first-order chi connectivity index (χ1) is 19.2. The van der Waals surface area contributed by atoms with Crippen LogP contribution >= 0.6 is 23.1 Å². The van der Waals surface area contributed by atoms with E-state index < -0.39 is 57.7 Å². The fraction of sp³-hybridized carbons (Fsp3) is 0.261. The molecule has 0 radical (unpaired) electrons. The number of allylic oxidation sites excluding steroid dienone is 1. The first-order valence-electron chi connectivity index (χ1n) is 11.4. The van der Waals surface area contributed by atoms with Gasteiger partial charge in [-0.3, -0.25) is 19.3 Å². The summed E-state index contributed by atoms with van der Waals surface area (Å²) in [6.45, 7) is 2.42. The quantitative estimate of drug-likeness (QED) is 0.102. The predicted octanol–water partition coefficient (Wildman–Crippen LogP) is -0.766. The molecule has 0 spiro atoms. The van der Waals surface area contributed by atoms with Gasteiger partial charge < -0.3 is 36.4 Å². The maximum atomic E-state index is 13.1. The number of nitrogens with one attached hydrogen (secondary N) is 1. The van der Waals surface area contributed by atoms with Crippen LogP contribution in [-0.4, -0.2) is 82.3 Å². The molecule has 0 aromatic carbocycles. The second-order valence-electron chi connectivity index (χ2n) is 9.06. The summed E-state index contributed by atoms with van der Waals surface area (Å²) in [5, 5.41) is 47.1. The van der Waals surface area contributed by atoms with Crippen LogP contribution in [0.4, 0.5) is 5.13 Å². The van der Waals surface area contributed by atoms with Crippen molar-refractivity contribution < 1.29 is 44.5 Å². The van der Waals surface area contributed by atoms with Crippen LogP contribution < -0.4 is 21.6 Å². The number of hydrogen-bond acceptors (Lipinski definition) is 13. The number of carboxylic acids is 2. The van der Waals surface area contributed by atoms with Crippen LogP contribution in [0, 0.1) is 0 Å². The van der Waals surface area contributed by atoms with E-state index in [1.165, 1.54) is 31.4 Å². The van der Waals surface area contributed by atoms with Crippen LogP contribution in [0.15, 0.2) is 44.9 Å². The molecule has 16 nitrogen and oxygen atoms in total. The maximum Gasteiger partial charge on any atom is 0.352 e. The molecule has 1 fully saturated rings. The summed E-state index contributed by atoms with van der Waals surface area (Å²) in [7, 11) is 0. The van der Waals surface area contributed by atoms with Gasteiger partial charge in [0.05, 0.1) is 5.69 Å². The molecule has 2 aromatic rings. The minimum absolute atomic E-state index is 0.0305. The van der Waals surface area contributed by atoms with Gasteiger partial charge in [0, 0.05) is 23.4 Å². The Labute approximate surface area is 238 Å². The van der Waals surface area contributed by atoms with Gasteiger partial charge in [-0.2, -0.15) is 4.73 Å². The first-order valence-corrected chi connectivity index (χ1v) is 13.4. The van der Waals surface area contributed by atoms with E-state index in [9.17, 15) is 44.5 Å². The number of aliphatic carboxylic acids is 2. The molecule has 4 heterocycles. The summed E-state index contributed by atoms with van der Waals surface area (Å²) in [4.78, 5) is 71.3. The second kappa shape index (κ2) is 11.0. The number of fused-ring (bicyclic) bond motifs is 1. The highest BCUT2D eigenvalue weighted by Crippen LogP contribution is 2.40. The molecule has 0 bridgehead atoms. The number of carbonyl (C=O) groups excluding carboxylic acids is 2. The molecule has 0 saturated carbocycles. The summed E-state index contributed by atoms with van der Waals surface area (Å²) in [5.74, 6) is -5.36. The Morgan fingerprint density at radius 1 is 1.29 bits per heavy atom. The number of β-lactam (4-membered cyclic amide) rings is 1. The number of nitrogens with zero attached hydrogens (tertiary/aromatic N) is 4. The lowest BCUT2D eigenvalue weighted by Crippen LogP contribution is -2.71. The van der Waals surface area contributed by atoms with Crippen molar-refractivity contribution in [3.63, 3.8) is 0 Å². The van der Waals surface area contributed by atoms with Crippen LogP contribution in [0.3, 0.4) is 0 Å². The van der Waals surface area contributed by atoms with Crippen LogP contribution in [0.25, 0.3) is 6.08 Å². The van der Waals surface area contributed by atoms with Gasteiger partial charge in [-0.1, -0.05) is 11.2 Å². The highest BCUT2D eigenvalue weighted by Gasteiger charge is 2.54. The highest BCUT2D eigenvalue weighted by molar-refractivity contribution is 8.00. The fourth-order valence-corrected chi connectivity index (χ4v) is 5.48. The smallest absolute Gasteiger partial charge is 0.352 e. The molecular formula is C23H21N6O10S2-. The lowest BCUT2D eigenvalue weighted by molar-refractivity contribution is -0.271. The monoisotopic (exact) mass is 605 g/mol. The van der Waals surface area contributed by atoms with Crippen molar-refractivity contribution >= 4 is 63.8 Å². The van der Waals surface area contributed by atoms with Crippen LogP contribution in [0.5, 0.6) is 5.75 Å². The molecular weight excluding hydrogens is 584 g/mol. The van der Waals surface area contributed by atoms with Crippen LogP contribution in [-0.2, 0) is 24.0 Å². The summed E-state index contributed by atoms with van der Waals surface area (Å²) in [5.41, 5.74) is 2.18. The third kappa shape index (κ3) is 5.73. The standard InChI is InChI=1S/C23H22N6O10S2/c1-23(2,21(36)37)39-27-14(11-8-41-22(24)25-11)17(32)26-15-18(33)29-16(20(34)35)9(7-40-19(15)29)3-4-10-5-12(30)13(31)6-28(10)38/h3-6,8,15,19,31,38H,7H2,1-2H3,(H2,24,25)(H,26,32)(H,34,35)(H,36,37)/p-1/b4-3+,27-14+. The molecule has 4 rings (SSSR count). The number of carbonyl (C=O) groups is 4. The van der Waals surface area contributed by atoms with E-state index in [4.69, 9.17) is 10.6 Å². The molecule has 0 aliphatic carbocycles. The first kappa shape index (κ1) is 29.2. The zero-order valence-corrected chi connectivity index (χ0v) is 22.8. The number of carboxylic acid groups (broad SMARTS) is 2. The molecule has 6 N–H and O–H groups in total. The SMILES string of the molecule is CC(C)(O/N=C(/C(=O)NC1C(=O)N2C(C(=O)O)=C(/C=C/c3cc(=O)c([O-])cn3O)CSC12)c1csc(N)n1)C(=O)O. The van der Waals surface area contributed by atoms with E-state index in [0.717, 1.165) is 34.1 Å². The number of aromatic nitrogens is 2. The number of oxime groups is 1. The molecule has 2 aromatic heterocycles. The Morgan fingerprint density at radius 3 is 2.61 bits per heavy atom. The second-order valence-corrected chi connectivity index (χ2v) is 11.1. The van der Waals surface area contributed by atoms with E-state index in [0.29, 0.717) is 10.9 Å². The van der Waals surface area contributed by atoms with Crippen molar-refractivity contribution in [2.45, 2.75) is 30.9 Å². The lowest BCUT2D eigenvalue weighted by atomic mass is 10.0. The molecule has 1 saturated heterocycles. The Hall–Kier alpha value is -4.84. The third-order valence-electron chi connectivity index (χ3n) is 5.83. The number of nitrogen functional groups attached to an aromatic ring is 1. The highest BCUT2D eigenvalue weighted by atomic mass is 32.2. The number of nitrogens with two attached hydrogens (primary N) is 1. The zero-order valence-electron chi connectivity index (χ0n) is 21.1. The molecule has 41 heavy (non-hydrogen) atoms. The van der Waals surface area contributed by atoms with Gasteiger partial charge in [-0.05, 0) is 31.2 Å². The molecule has 216 valence electrons. The van der Waals surface area contributed by atoms with Gasteiger partial charge >= 0.3 is 11.9 Å². The van der Waals surface area contributed by atoms with Crippen LogP contribution in [0.2, 0.25) is 0 Å². The normalized spacial score (nSPS) is 19.1. The number of thiazole rings is 1. The molecule has 18 heteroatoms. The predicted molar refractivity (Wildman–Crippen MR) is 142 cm³/mol. The Kier molecular flexibility index (Phi) is 7.80. The van der Waals surface area contributed by atoms with Crippen molar-refractivity contribution in [1.29, 1.82) is 0 Å².